The van der Waals surface area contributed by atoms with Gasteiger partial charge in [-0.25, -0.2) is 12.8 Å². The van der Waals surface area contributed by atoms with Gasteiger partial charge in [-0.3, -0.25) is 13.9 Å². The summed E-state index contributed by atoms with van der Waals surface area (Å²) in [7, 11) is -3.63. The molecule has 2 atom stereocenters. The van der Waals surface area contributed by atoms with E-state index in [1.54, 1.807) is 4.90 Å². The molecule has 0 aliphatic carbocycles. The smallest absolute Gasteiger partial charge is 0.243 e. The van der Waals surface area contributed by atoms with Crippen molar-refractivity contribution in [3.05, 3.63) is 65.5 Å². The fourth-order valence-corrected chi connectivity index (χ4v) is 4.83. The number of anilines is 1. The Morgan fingerprint density at radius 3 is 2.14 bits per heavy atom. The number of carbonyl (C=O) groups is 2. The number of hydrogen-bond acceptors (Lipinski definition) is 4. The molecule has 0 fully saturated rings. The van der Waals surface area contributed by atoms with Crippen molar-refractivity contribution >= 4 is 27.5 Å². The normalized spacial score (nSPS) is 13.1. The monoisotopic (exact) mass is 519 g/mol. The average molecular weight is 520 g/mol. The quantitative estimate of drug-likeness (QED) is 0.425. The molecule has 198 valence electrons. The predicted molar refractivity (Wildman–Crippen MR) is 142 cm³/mol. The van der Waals surface area contributed by atoms with Crippen LogP contribution in [-0.2, 0) is 26.2 Å². The Morgan fingerprint density at radius 2 is 1.61 bits per heavy atom. The van der Waals surface area contributed by atoms with Crippen molar-refractivity contribution < 1.29 is 22.4 Å². The second-order valence-corrected chi connectivity index (χ2v) is 11.1. The van der Waals surface area contributed by atoms with Crippen LogP contribution in [0.1, 0.15) is 57.6 Å². The summed E-state index contributed by atoms with van der Waals surface area (Å²) in [6.45, 7) is 8.09. The number of hydrogen-bond donors (Lipinski definition) is 1. The minimum absolute atomic E-state index is 0.0121. The maximum Gasteiger partial charge on any atom is 0.243 e. The molecule has 0 aliphatic rings. The van der Waals surface area contributed by atoms with Crippen molar-refractivity contribution in [3.63, 3.8) is 0 Å². The van der Waals surface area contributed by atoms with Gasteiger partial charge in [0.15, 0.2) is 0 Å². The molecule has 9 heteroatoms. The van der Waals surface area contributed by atoms with E-state index in [2.05, 4.69) is 5.32 Å². The summed E-state index contributed by atoms with van der Waals surface area (Å²) in [5, 5.41) is 2.98. The topological polar surface area (TPSA) is 86.8 Å². The van der Waals surface area contributed by atoms with Crippen LogP contribution in [0.15, 0.2) is 48.5 Å². The zero-order chi connectivity index (χ0) is 26.9. The third-order valence-corrected chi connectivity index (χ3v) is 7.32. The lowest BCUT2D eigenvalue weighted by molar-refractivity contribution is -0.141. The summed E-state index contributed by atoms with van der Waals surface area (Å²) in [5.74, 6) is -0.888. The molecule has 0 bridgehead atoms. The number of sulfonamides is 1. The lowest BCUT2D eigenvalue weighted by Gasteiger charge is -2.32. The molecule has 0 aromatic heterocycles. The van der Waals surface area contributed by atoms with Gasteiger partial charge >= 0.3 is 0 Å². The molecule has 0 heterocycles. The average Bonchev–Trinajstić information content (AvgIpc) is 2.82. The first-order chi connectivity index (χ1) is 17.0. The van der Waals surface area contributed by atoms with E-state index in [1.165, 1.54) is 24.3 Å². The van der Waals surface area contributed by atoms with Crippen LogP contribution in [0.25, 0.3) is 0 Å². The highest BCUT2D eigenvalue weighted by Gasteiger charge is 2.29. The highest BCUT2D eigenvalue weighted by atomic mass is 32.2. The van der Waals surface area contributed by atoms with Crippen LogP contribution >= 0.6 is 0 Å². The molecule has 0 spiro atoms. The van der Waals surface area contributed by atoms with Crippen LogP contribution in [0.2, 0.25) is 0 Å². The first kappa shape index (κ1) is 29.3. The van der Waals surface area contributed by atoms with Crippen LogP contribution in [0.5, 0.6) is 0 Å². The lowest BCUT2D eigenvalue weighted by Crippen LogP contribution is -2.50. The number of benzene rings is 2. The number of carbonyl (C=O) groups excluding carboxylic acids is 2. The Labute approximate surface area is 214 Å². The van der Waals surface area contributed by atoms with Gasteiger partial charge in [0, 0.05) is 25.6 Å². The summed E-state index contributed by atoms with van der Waals surface area (Å²) in [4.78, 5) is 28.0. The zero-order valence-electron chi connectivity index (χ0n) is 21.8. The molecule has 0 radical (unpaired) electrons. The van der Waals surface area contributed by atoms with E-state index in [0.717, 1.165) is 28.1 Å². The van der Waals surface area contributed by atoms with Crippen LogP contribution in [0.4, 0.5) is 10.1 Å². The van der Waals surface area contributed by atoms with Gasteiger partial charge in [-0.2, -0.15) is 0 Å². The Balaban J connectivity index is 2.21. The molecule has 2 amide bonds. The SMILES string of the molecule is CCC(C)NC(=O)C(CC)N(Cc1ccc(C)cc1)C(=O)CCCN(c1ccc(F)cc1)S(C)(=O)=O. The summed E-state index contributed by atoms with van der Waals surface area (Å²) in [5.41, 5.74) is 2.34. The number of nitrogens with zero attached hydrogens (tertiary/aromatic N) is 2. The van der Waals surface area contributed by atoms with Crippen molar-refractivity contribution in [3.8, 4) is 0 Å². The first-order valence-electron chi connectivity index (χ1n) is 12.3. The van der Waals surface area contributed by atoms with Gasteiger partial charge in [-0.15, -0.1) is 0 Å². The Kier molecular flexibility index (Phi) is 10.9. The molecule has 36 heavy (non-hydrogen) atoms. The molecular formula is C27H38FN3O4S. The van der Waals surface area contributed by atoms with E-state index >= 15 is 0 Å². The van der Waals surface area contributed by atoms with Gasteiger partial charge in [0.25, 0.3) is 0 Å². The molecule has 2 rings (SSSR count). The van der Waals surface area contributed by atoms with Crippen LogP contribution < -0.4 is 9.62 Å². The van der Waals surface area contributed by atoms with Crippen molar-refractivity contribution in [1.82, 2.24) is 10.2 Å². The summed E-state index contributed by atoms with van der Waals surface area (Å²) < 4.78 is 39.2. The van der Waals surface area contributed by atoms with Gasteiger partial charge < -0.3 is 10.2 Å². The van der Waals surface area contributed by atoms with E-state index in [4.69, 9.17) is 0 Å². The molecule has 0 saturated heterocycles. The maximum absolute atomic E-state index is 13.4. The molecule has 0 saturated carbocycles. The van der Waals surface area contributed by atoms with Crippen molar-refractivity contribution in [2.75, 3.05) is 17.1 Å². The lowest BCUT2D eigenvalue weighted by atomic mass is 10.1. The zero-order valence-corrected chi connectivity index (χ0v) is 22.6. The standard InChI is InChI=1S/C27H38FN3O4S/c1-6-21(4)29-27(33)25(7-2)30(19-22-12-10-20(3)11-13-22)26(32)9-8-18-31(36(5,34)35)24-16-14-23(28)15-17-24/h10-17,21,25H,6-9,18-19H2,1-5H3,(H,29,33). The van der Waals surface area contributed by atoms with Gasteiger partial charge in [-0.05, 0) is 62.9 Å². The Bertz CT molecular complexity index is 1100. The maximum atomic E-state index is 13.4. The molecule has 0 aliphatic heterocycles. The second-order valence-electron chi connectivity index (χ2n) is 9.16. The largest absolute Gasteiger partial charge is 0.352 e. The van der Waals surface area contributed by atoms with Crippen molar-refractivity contribution in [2.45, 2.75) is 72.0 Å². The molecular weight excluding hydrogens is 481 g/mol. The molecule has 2 aromatic rings. The number of aryl methyl sites for hydroxylation is 1. The van der Waals surface area contributed by atoms with Gasteiger partial charge in [0.2, 0.25) is 21.8 Å². The van der Waals surface area contributed by atoms with Gasteiger partial charge in [0.1, 0.15) is 11.9 Å². The van der Waals surface area contributed by atoms with E-state index in [0.29, 0.717) is 12.1 Å². The van der Waals surface area contributed by atoms with Gasteiger partial charge in [-0.1, -0.05) is 43.7 Å². The highest BCUT2D eigenvalue weighted by molar-refractivity contribution is 7.92. The number of rotatable bonds is 13. The summed E-state index contributed by atoms with van der Waals surface area (Å²) in [6, 6.07) is 12.3. The fraction of sp³-hybridized carbons (Fsp3) is 0.481. The number of halogens is 1. The van der Waals surface area contributed by atoms with Crippen LogP contribution in [0, 0.1) is 12.7 Å². The molecule has 2 unspecified atom stereocenters. The molecule has 7 nitrogen and oxygen atoms in total. The van der Waals surface area contributed by atoms with Crippen molar-refractivity contribution in [1.29, 1.82) is 0 Å². The summed E-state index contributed by atoms with van der Waals surface area (Å²) >= 11 is 0. The van der Waals surface area contributed by atoms with E-state index in [1.807, 2.05) is 52.0 Å². The van der Waals surface area contributed by atoms with E-state index < -0.39 is 21.9 Å². The Morgan fingerprint density at radius 1 is 1.00 bits per heavy atom. The van der Waals surface area contributed by atoms with Crippen LogP contribution in [0.3, 0.4) is 0 Å². The molecule has 2 aromatic carbocycles. The van der Waals surface area contributed by atoms with Crippen molar-refractivity contribution in [2.24, 2.45) is 0 Å². The number of nitrogens with one attached hydrogen (secondary N) is 1. The highest BCUT2D eigenvalue weighted by Crippen LogP contribution is 2.20. The molecule has 1 N–H and O–H groups in total. The third kappa shape index (κ3) is 8.62. The Hall–Kier alpha value is -2.94. The number of amides is 2. The van der Waals surface area contributed by atoms with Gasteiger partial charge in [0.05, 0.1) is 11.9 Å². The minimum atomic E-state index is -3.63. The van der Waals surface area contributed by atoms with E-state index in [9.17, 15) is 22.4 Å². The van der Waals surface area contributed by atoms with Crippen LogP contribution in [-0.4, -0.2) is 50.0 Å². The first-order valence-corrected chi connectivity index (χ1v) is 14.2. The summed E-state index contributed by atoms with van der Waals surface area (Å²) in [6.07, 6.45) is 2.61. The predicted octanol–water partition coefficient (Wildman–Crippen LogP) is 4.40. The second kappa shape index (κ2) is 13.4. The fourth-order valence-electron chi connectivity index (χ4n) is 3.86. The minimum Gasteiger partial charge on any atom is -0.352 e. The van der Waals surface area contributed by atoms with E-state index in [-0.39, 0.29) is 43.8 Å². The third-order valence-electron chi connectivity index (χ3n) is 6.13.